The van der Waals surface area contributed by atoms with Gasteiger partial charge in [-0.05, 0) is 30.2 Å². The molecule has 0 spiro atoms. The molecule has 1 aliphatic heterocycles. The summed E-state index contributed by atoms with van der Waals surface area (Å²) in [5.74, 6) is 4.89. The molecule has 3 rings (SSSR count). The molecule has 1 saturated carbocycles. The van der Waals surface area contributed by atoms with E-state index in [0.717, 1.165) is 11.2 Å². The summed E-state index contributed by atoms with van der Waals surface area (Å²) in [6, 6.07) is 5.15. The lowest BCUT2D eigenvalue weighted by Crippen LogP contribution is -2.34. The molecular formula is C15H23NS3. The largest absolute Gasteiger partial charge is 0.308 e. The van der Waals surface area contributed by atoms with E-state index in [-0.39, 0.29) is 0 Å². The van der Waals surface area contributed by atoms with E-state index in [1.165, 1.54) is 49.5 Å². The Morgan fingerprint density at radius 1 is 1.26 bits per heavy atom. The van der Waals surface area contributed by atoms with Gasteiger partial charge in [0.2, 0.25) is 0 Å². The van der Waals surface area contributed by atoms with Crippen LogP contribution in [0.5, 0.6) is 0 Å². The zero-order chi connectivity index (χ0) is 12.9. The summed E-state index contributed by atoms with van der Waals surface area (Å²) in [6.45, 7) is 1.19. The van der Waals surface area contributed by atoms with Crippen LogP contribution in [-0.4, -0.2) is 29.1 Å². The fourth-order valence-electron chi connectivity index (χ4n) is 3.17. The van der Waals surface area contributed by atoms with Crippen molar-refractivity contribution in [3.05, 3.63) is 22.4 Å². The van der Waals surface area contributed by atoms with E-state index in [0.29, 0.717) is 6.04 Å². The first-order valence-electron chi connectivity index (χ1n) is 7.39. The lowest BCUT2D eigenvalue weighted by atomic mass is 9.96. The van der Waals surface area contributed by atoms with Crippen LogP contribution in [0.1, 0.15) is 36.6 Å². The molecule has 1 aromatic rings. The van der Waals surface area contributed by atoms with Gasteiger partial charge in [0.1, 0.15) is 0 Å². The van der Waals surface area contributed by atoms with E-state index >= 15 is 0 Å². The Hall–Kier alpha value is 0.360. The normalized spacial score (nSPS) is 26.6. The second kappa shape index (κ2) is 7.39. The second-order valence-corrected chi connectivity index (χ2v) is 9.05. The molecule has 2 unspecified atom stereocenters. The maximum atomic E-state index is 3.91. The Kier molecular flexibility index (Phi) is 5.56. The maximum Gasteiger partial charge on any atom is 0.0443 e. The molecule has 1 aromatic heterocycles. The van der Waals surface area contributed by atoms with Gasteiger partial charge in [0.25, 0.3) is 0 Å². The van der Waals surface area contributed by atoms with Crippen molar-refractivity contribution < 1.29 is 0 Å². The summed E-state index contributed by atoms with van der Waals surface area (Å²) in [5, 5.41) is 6.96. The second-order valence-electron chi connectivity index (χ2n) is 5.51. The van der Waals surface area contributed by atoms with Gasteiger partial charge in [-0.2, -0.15) is 23.5 Å². The molecular weight excluding hydrogens is 290 g/mol. The average Bonchev–Trinajstić information content (AvgIpc) is 3.13. The number of hydrogen-bond donors (Lipinski definition) is 1. The number of thioether (sulfide) groups is 2. The summed E-state index contributed by atoms with van der Waals surface area (Å²) in [7, 11) is 0. The van der Waals surface area contributed by atoms with Crippen molar-refractivity contribution in [2.45, 2.75) is 37.0 Å². The fourth-order valence-corrected chi connectivity index (χ4v) is 6.69. The van der Waals surface area contributed by atoms with Gasteiger partial charge in [0.15, 0.2) is 0 Å². The van der Waals surface area contributed by atoms with Gasteiger partial charge in [-0.3, -0.25) is 0 Å². The Balaban J connectivity index is 1.58. The molecule has 1 saturated heterocycles. The Morgan fingerprint density at radius 2 is 2.16 bits per heavy atom. The quantitative estimate of drug-likeness (QED) is 0.864. The van der Waals surface area contributed by atoms with Crippen molar-refractivity contribution in [1.82, 2.24) is 5.32 Å². The lowest BCUT2D eigenvalue weighted by Gasteiger charge is -2.28. The van der Waals surface area contributed by atoms with Crippen LogP contribution < -0.4 is 5.32 Å². The monoisotopic (exact) mass is 313 g/mol. The Labute approximate surface area is 129 Å². The summed E-state index contributed by atoms with van der Waals surface area (Å²) >= 11 is 6.22. The van der Waals surface area contributed by atoms with Crippen LogP contribution in [0, 0.1) is 5.92 Å². The molecule has 2 heterocycles. The molecule has 0 amide bonds. The number of nitrogens with one attached hydrogen (secondary N) is 1. The molecule has 0 aromatic carbocycles. The van der Waals surface area contributed by atoms with Crippen LogP contribution in [0.2, 0.25) is 0 Å². The number of rotatable bonds is 5. The zero-order valence-electron chi connectivity index (χ0n) is 11.3. The predicted octanol–water partition coefficient (Wildman–Crippen LogP) is 4.42. The summed E-state index contributed by atoms with van der Waals surface area (Å²) < 4.78 is 0. The first-order valence-corrected chi connectivity index (χ1v) is 10.5. The Morgan fingerprint density at radius 3 is 2.84 bits per heavy atom. The third-order valence-electron chi connectivity index (χ3n) is 4.17. The van der Waals surface area contributed by atoms with Crippen molar-refractivity contribution in [3.8, 4) is 0 Å². The molecule has 1 aliphatic carbocycles. The summed E-state index contributed by atoms with van der Waals surface area (Å²) in [4.78, 5) is 1.56. The van der Waals surface area contributed by atoms with E-state index in [1.807, 2.05) is 11.3 Å². The van der Waals surface area contributed by atoms with Crippen LogP contribution in [0.4, 0.5) is 0 Å². The van der Waals surface area contributed by atoms with E-state index in [1.54, 1.807) is 4.88 Å². The van der Waals surface area contributed by atoms with Crippen LogP contribution in [0.3, 0.4) is 0 Å². The van der Waals surface area contributed by atoms with Crippen LogP contribution >= 0.6 is 34.9 Å². The van der Waals surface area contributed by atoms with Gasteiger partial charge in [-0.25, -0.2) is 0 Å². The van der Waals surface area contributed by atoms with Gasteiger partial charge in [-0.15, -0.1) is 11.3 Å². The highest BCUT2D eigenvalue weighted by molar-refractivity contribution is 8.06. The first kappa shape index (κ1) is 14.3. The highest BCUT2D eigenvalue weighted by Gasteiger charge is 2.27. The van der Waals surface area contributed by atoms with E-state index in [2.05, 4.69) is 46.4 Å². The molecule has 2 aliphatic rings. The molecule has 106 valence electrons. The molecule has 2 atom stereocenters. The van der Waals surface area contributed by atoms with Crippen molar-refractivity contribution in [1.29, 1.82) is 0 Å². The molecule has 2 fully saturated rings. The maximum absolute atomic E-state index is 3.91. The summed E-state index contributed by atoms with van der Waals surface area (Å²) in [5.41, 5.74) is 0. The van der Waals surface area contributed by atoms with Gasteiger partial charge in [0, 0.05) is 40.0 Å². The molecule has 0 radical (unpaired) electrons. The standard InChI is InChI=1S/C15H23NS3/c1-2-5-12(4-1)15(14-6-3-7-19-14)16-10-13-11-17-8-9-18-13/h3,6-7,12-13,15-16H,1-2,4-5,8-11H2. The zero-order valence-corrected chi connectivity index (χ0v) is 13.8. The van der Waals surface area contributed by atoms with Crippen molar-refractivity contribution >= 4 is 34.9 Å². The van der Waals surface area contributed by atoms with Gasteiger partial charge >= 0.3 is 0 Å². The SMILES string of the molecule is c1csc(C(NCC2CSCCS2)C2CCCC2)c1. The van der Waals surface area contributed by atoms with Crippen LogP contribution in [-0.2, 0) is 0 Å². The van der Waals surface area contributed by atoms with E-state index in [4.69, 9.17) is 0 Å². The highest BCUT2D eigenvalue weighted by Crippen LogP contribution is 2.37. The highest BCUT2D eigenvalue weighted by atomic mass is 32.2. The van der Waals surface area contributed by atoms with Gasteiger partial charge < -0.3 is 5.32 Å². The van der Waals surface area contributed by atoms with Crippen LogP contribution in [0.15, 0.2) is 17.5 Å². The predicted molar refractivity (Wildman–Crippen MR) is 90.6 cm³/mol. The van der Waals surface area contributed by atoms with Crippen molar-refractivity contribution in [2.24, 2.45) is 5.92 Å². The van der Waals surface area contributed by atoms with Crippen LogP contribution in [0.25, 0.3) is 0 Å². The molecule has 1 N–H and O–H groups in total. The third-order valence-corrected chi connectivity index (χ3v) is 7.97. The molecule has 4 heteroatoms. The summed E-state index contributed by atoms with van der Waals surface area (Å²) in [6.07, 6.45) is 5.70. The number of thiophene rings is 1. The minimum atomic E-state index is 0.620. The van der Waals surface area contributed by atoms with E-state index < -0.39 is 0 Å². The number of hydrogen-bond acceptors (Lipinski definition) is 4. The van der Waals surface area contributed by atoms with Crippen molar-refractivity contribution in [2.75, 3.05) is 23.8 Å². The lowest BCUT2D eigenvalue weighted by molar-refractivity contribution is 0.375. The minimum Gasteiger partial charge on any atom is -0.308 e. The van der Waals surface area contributed by atoms with E-state index in [9.17, 15) is 0 Å². The third kappa shape index (κ3) is 3.93. The smallest absolute Gasteiger partial charge is 0.0443 e. The first-order chi connectivity index (χ1) is 9.43. The Bertz CT molecular complexity index is 353. The fraction of sp³-hybridized carbons (Fsp3) is 0.733. The van der Waals surface area contributed by atoms with Gasteiger partial charge in [-0.1, -0.05) is 18.9 Å². The molecule has 0 bridgehead atoms. The van der Waals surface area contributed by atoms with Crippen molar-refractivity contribution in [3.63, 3.8) is 0 Å². The molecule has 1 nitrogen and oxygen atoms in total. The average molecular weight is 314 g/mol. The molecule has 19 heavy (non-hydrogen) atoms. The minimum absolute atomic E-state index is 0.620. The van der Waals surface area contributed by atoms with Gasteiger partial charge in [0.05, 0.1) is 0 Å². The topological polar surface area (TPSA) is 12.0 Å².